The minimum atomic E-state index is 0.139. The van der Waals surface area contributed by atoms with Crippen molar-refractivity contribution < 1.29 is 4.79 Å². The third-order valence-corrected chi connectivity index (χ3v) is 4.49. The van der Waals surface area contributed by atoms with Crippen LogP contribution in [0.2, 0.25) is 0 Å². The van der Waals surface area contributed by atoms with Crippen LogP contribution in [0, 0.1) is 6.92 Å². The SMILES string of the molecule is Cc1ccsc1C(=O)N1c2ccccc2C[C@@H]1C. The quantitative estimate of drug-likeness (QED) is 0.763. The molecule has 1 aromatic carbocycles. The number of amides is 1. The van der Waals surface area contributed by atoms with Gasteiger partial charge in [-0.25, -0.2) is 0 Å². The molecule has 3 rings (SSSR count). The van der Waals surface area contributed by atoms with Gasteiger partial charge in [-0.3, -0.25) is 4.79 Å². The molecule has 0 bridgehead atoms. The monoisotopic (exact) mass is 257 g/mol. The fraction of sp³-hybridized carbons (Fsp3) is 0.267. The maximum atomic E-state index is 12.6. The fourth-order valence-electron chi connectivity index (χ4n) is 2.58. The number of hydrogen-bond acceptors (Lipinski definition) is 2. The van der Waals surface area contributed by atoms with E-state index in [9.17, 15) is 4.79 Å². The Morgan fingerprint density at radius 2 is 2.11 bits per heavy atom. The van der Waals surface area contributed by atoms with Crippen LogP contribution in [0.3, 0.4) is 0 Å². The summed E-state index contributed by atoms with van der Waals surface area (Å²) < 4.78 is 0. The van der Waals surface area contributed by atoms with Gasteiger partial charge in [0.25, 0.3) is 5.91 Å². The largest absolute Gasteiger partial charge is 0.304 e. The van der Waals surface area contributed by atoms with Gasteiger partial charge in [0.05, 0.1) is 4.88 Å². The molecule has 3 heteroatoms. The highest BCUT2D eigenvalue weighted by molar-refractivity contribution is 7.12. The molecular weight excluding hydrogens is 242 g/mol. The molecule has 0 saturated carbocycles. The first-order valence-electron chi connectivity index (χ1n) is 6.14. The number of anilines is 1. The number of benzene rings is 1. The lowest BCUT2D eigenvalue weighted by molar-refractivity contribution is 0.0985. The molecule has 0 fully saturated rings. The number of carbonyl (C=O) groups is 1. The van der Waals surface area contributed by atoms with Gasteiger partial charge in [-0.05, 0) is 48.9 Å². The Hall–Kier alpha value is -1.61. The maximum absolute atomic E-state index is 12.6. The summed E-state index contributed by atoms with van der Waals surface area (Å²) in [6.07, 6.45) is 0.951. The van der Waals surface area contributed by atoms with Crippen molar-refractivity contribution in [1.82, 2.24) is 0 Å². The Morgan fingerprint density at radius 1 is 1.33 bits per heavy atom. The minimum absolute atomic E-state index is 0.139. The molecule has 2 nitrogen and oxygen atoms in total. The van der Waals surface area contributed by atoms with Crippen LogP contribution >= 0.6 is 11.3 Å². The summed E-state index contributed by atoms with van der Waals surface area (Å²) in [5.74, 6) is 0.139. The van der Waals surface area contributed by atoms with Crippen LogP contribution in [0.4, 0.5) is 5.69 Å². The van der Waals surface area contributed by atoms with Crippen molar-refractivity contribution in [3.8, 4) is 0 Å². The predicted molar refractivity (Wildman–Crippen MR) is 75.5 cm³/mol. The Kier molecular flexibility index (Phi) is 2.71. The Morgan fingerprint density at radius 3 is 2.83 bits per heavy atom. The van der Waals surface area contributed by atoms with Gasteiger partial charge < -0.3 is 4.90 Å². The summed E-state index contributed by atoms with van der Waals surface area (Å²) in [6, 6.07) is 10.4. The normalized spacial score (nSPS) is 17.9. The third kappa shape index (κ3) is 1.66. The lowest BCUT2D eigenvalue weighted by atomic mass is 10.1. The van der Waals surface area contributed by atoms with E-state index in [1.54, 1.807) is 0 Å². The molecular formula is C15H15NOS. The highest BCUT2D eigenvalue weighted by Crippen LogP contribution is 2.34. The summed E-state index contributed by atoms with van der Waals surface area (Å²) in [6.45, 7) is 4.11. The van der Waals surface area contributed by atoms with Crippen LogP contribution in [-0.2, 0) is 6.42 Å². The zero-order valence-corrected chi connectivity index (χ0v) is 11.3. The second-order valence-corrected chi connectivity index (χ2v) is 5.71. The molecule has 0 radical (unpaired) electrons. The first-order valence-corrected chi connectivity index (χ1v) is 7.02. The topological polar surface area (TPSA) is 20.3 Å². The van der Waals surface area contributed by atoms with Crippen molar-refractivity contribution in [2.24, 2.45) is 0 Å². The number of para-hydroxylation sites is 1. The minimum Gasteiger partial charge on any atom is -0.304 e. The van der Waals surface area contributed by atoms with E-state index in [4.69, 9.17) is 0 Å². The highest BCUT2D eigenvalue weighted by atomic mass is 32.1. The zero-order valence-electron chi connectivity index (χ0n) is 10.5. The molecule has 0 saturated heterocycles. The zero-order chi connectivity index (χ0) is 12.7. The first kappa shape index (κ1) is 11.5. The standard InChI is InChI=1S/C15H15NOS/c1-10-7-8-18-14(10)15(17)16-11(2)9-12-5-3-4-6-13(12)16/h3-8,11H,9H2,1-2H3/t11-/m0/s1. The molecule has 0 aliphatic carbocycles. The van der Waals surface area contributed by atoms with E-state index in [0.29, 0.717) is 0 Å². The van der Waals surface area contributed by atoms with Gasteiger partial charge >= 0.3 is 0 Å². The molecule has 1 amide bonds. The summed E-state index contributed by atoms with van der Waals surface area (Å²) in [7, 11) is 0. The first-order chi connectivity index (χ1) is 8.68. The third-order valence-electron chi connectivity index (χ3n) is 3.48. The van der Waals surface area contributed by atoms with Crippen LogP contribution < -0.4 is 4.90 Å². The van der Waals surface area contributed by atoms with E-state index in [-0.39, 0.29) is 11.9 Å². The van der Waals surface area contributed by atoms with Crippen molar-refractivity contribution in [2.75, 3.05) is 4.90 Å². The van der Waals surface area contributed by atoms with E-state index in [2.05, 4.69) is 13.0 Å². The maximum Gasteiger partial charge on any atom is 0.268 e. The van der Waals surface area contributed by atoms with Crippen molar-refractivity contribution in [1.29, 1.82) is 0 Å². The molecule has 1 aliphatic rings. The lowest BCUT2D eigenvalue weighted by Gasteiger charge is -2.22. The highest BCUT2D eigenvalue weighted by Gasteiger charge is 2.32. The van der Waals surface area contributed by atoms with E-state index in [1.165, 1.54) is 16.9 Å². The number of nitrogens with zero attached hydrogens (tertiary/aromatic N) is 1. The van der Waals surface area contributed by atoms with Crippen LogP contribution in [-0.4, -0.2) is 11.9 Å². The molecule has 1 aliphatic heterocycles. The summed E-state index contributed by atoms with van der Waals surface area (Å²) >= 11 is 1.53. The van der Waals surface area contributed by atoms with Gasteiger partial charge in [0, 0.05) is 11.7 Å². The molecule has 0 spiro atoms. The smallest absolute Gasteiger partial charge is 0.268 e. The van der Waals surface area contributed by atoms with Crippen LogP contribution in [0.15, 0.2) is 35.7 Å². The lowest BCUT2D eigenvalue weighted by Crippen LogP contribution is -2.35. The van der Waals surface area contributed by atoms with Crippen molar-refractivity contribution in [3.05, 3.63) is 51.7 Å². The second kappa shape index (κ2) is 4.25. The van der Waals surface area contributed by atoms with Crippen LogP contribution in [0.1, 0.15) is 27.7 Å². The van der Waals surface area contributed by atoms with E-state index in [1.807, 2.05) is 41.5 Å². The summed E-state index contributed by atoms with van der Waals surface area (Å²) in [5.41, 5.74) is 3.41. The van der Waals surface area contributed by atoms with Crippen molar-refractivity contribution in [3.63, 3.8) is 0 Å². The van der Waals surface area contributed by atoms with Gasteiger partial charge in [-0.2, -0.15) is 0 Å². The molecule has 18 heavy (non-hydrogen) atoms. The number of rotatable bonds is 1. The van der Waals surface area contributed by atoms with Gasteiger partial charge in [0.1, 0.15) is 0 Å². The molecule has 1 atom stereocenters. The van der Waals surface area contributed by atoms with Gasteiger partial charge in [0.15, 0.2) is 0 Å². The number of fused-ring (bicyclic) bond motifs is 1. The second-order valence-electron chi connectivity index (χ2n) is 4.79. The summed E-state index contributed by atoms with van der Waals surface area (Å²) in [4.78, 5) is 15.4. The van der Waals surface area contributed by atoms with Crippen molar-refractivity contribution in [2.45, 2.75) is 26.3 Å². The number of carbonyl (C=O) groups excluding carboxylic acids is 1. The Labute approximate surface area is 111 Å². The Bertz CT molecular complexity index is 602. The molecule has 0 N–H and O–H groups in total. The average Bonchev–Trinajstić information content (AvgIpc) is 2.91. The van der Waals surface area contributed by atoms with E-state index < -0.39 is 0 Å². The van der Waals surface area contributed by atoms with Crippen LogP contribution in [0.5, 0.6) is 0 Å². The number of thiophene rings is 1. The van der Waals surface area contributed by atoms with Gasteiger partial charge in [-0.1, -0.05) is 18.2 Å². The van der Waals surface area contributed by atoms with Gasteiger partial charge in [0.2, 0.25) is 0 Å². The van der Waals surface area contributed by atoms with E-state index >= 15 is 0 Å². The fourth-order valence-corrected chi connectivity index (χ4v) is 3.44. The van der Waals surface area contributed by atoms with E-state index in [0.717, 1.165) is 22.5 Å². The molecule has 92 valence electrons. The van der Waals surface area contributed by atoms with Crippen LogP contribution in [0.25, 0.3) is 0 Å². The Balaban J connectivity index is 2.03. The average molecular weight is 257 g/mol. The number of hydrogen-bond donors (Lipinski definition) is 0. The van der Waals surface area contributed by atoms with Crippen molar-refractivity contribution >= 4 is 22.9 Å². The molecule has 2 aromatic rings. The number of aryl methyl sites for hydroxylation is 1. The molecule has 1 aromatic heterocycles. The van der Waals surface area contributed by atoms with Gasteiger partial charge in [-0.15, -0.1) is 11.3 Å². The summed E-state index contributed by atoms with van der Waals surface area (Å²) in [5, 5.41) is 1.98. The predicted octanol–water partition coefficient (Wildman–Crippen LogP) is 3.65. The molecule has 0 unspecified atom stereocenters. The molecule has 2 heterocycles.